The highest BCUT2D eigenvalue weighted by Gasteiger charge is 2.19. The number of carbonyl (C=O) groups is 1. The highest BCUT2D eigenvalue weighted by Crippen LogP contribution is 2.30. The van der Waals surface area contributed by atoms with E-state index in [1.165, 1.54) is 26.4 Å². The molecule has 1 aromatic heterocycles. The molecule has 2 aromatic rings. The molecule has 0 aliphatic rings. The molecule has 0 atom stereocenters. The molecule has 0 amide bonds. The van der Waals surface area contributed by atoms with Crippen LogP contribution < -0.4 is 10.5 Å². The van der Waals surface area contributed by atoms with Gasteiger partial charge in [0.2, 0.25) is 0 Å². The second kappa shape index (κ2) is 3.97. The van der Waals surface area contributed by atoms with Crippen LogP contribution in [0.3, 0.4) is 0 Å². The number of nitrogens with one attached hydrogen (secondary N) is 1. The molecule has 90 valence electrons. The van der Waals surface area contributed by atoms with Gasteiger partial charge in [0.25, 0.3) is 0 Å². The number of esters is 1. The number of aromatic amines is 1. The van der Waals surface area contributed by atoms with E-state index in [2.05, 4.69) is 9.72 Å². The Kier molecular flexibility index (Phi) is 2.63. The predicted molar refractivity (Wildman–Crippen MR) is 60.6 cm³/mol. The number of H-pyrrole nitrogens is 1. The summed E-state index contributed by atoms with van der Waals surface area (Å²) in [5, 5.41) is 0.465. The van der Waals surface area contributed by atoms with Crippen molar-refractivity contribution in [1.29, 1.82) is 0 Å². The second-order valence-corrected chi connectivity index (χ2v) is 3.44. The Balaban J connectivity index is 2.76. The highest BCUT2D eigenvalue weighted by molar-refractivity contribution is 6.09. The number of benzene rings is 1. The summed E-state index contributed by atoms with van der Waals surface area (Å²) in [5.41, 5.74) is 6.25. The van der Waals surface area contributed by atoms with Crippen LogP contribution in [0.5, 0.6) is 5.75 Å². The zero-order valence-corrected chi connectivity index (χ0v) is 9.33. The number of hydrogen-bond acceptors (Lipinski definition) is 4. The molecule has 17 heavy (non-hydrogen) atoms. The first-order valence-corrected chi connectivity index (χ1v) is 4.81. The minimum absolute atomic E-state index is 0.0432. The second-order valence-electron chi connectivity index (χ2n) is 3.44. The average Bonchev–Trinajstić information content (AvgIpc) is 2.62. The molecule has 1 aromatic carbocycles. The van der Waals surface area contributed by atoms with E-state index in [-0.39, 0.29) is 17.1 Å². The van der Waals surface area contributed by atoms with Gasteiger partial charge in [0, 0.05) is 11.5 Å². The van der Waals surface area contributed by atoms with Gasteiger partial charge in [-0.2, -0.15) is 0 Å². The Morgan fingerprint density at radius 2 is 2.12 bits per heavy atom. The largest absolute Gasteiger partial charge is 0.494 e. The summed E-state index contributed by atoms with van der Waals surface area (Å²) in [5.74, 6) is -0.929. The Bertz CT molecular complexity index is 592. The average molecular weight is 238 g/mol. The molecule has 0 aliphatic heterocycles. The Morgan fingerprint density at radius 3 is 2.71 bits per heavy atom. The van der Waals surface area contributed by atoms with Gasteiger partial charge in [-0.3, -0.25) is 0 Å². The van der Waals surface area contributed by atoms with E-state index in [9.17, 15) is 9.18 Å². The van der Waals surface area contributed by atoms with E-state index in [0.717, 1.165) is 0 Å². The number of rotatable bonds is 2. The maximum atomic E-state index is 13.4. The van der Waals surface area contributed by atoms with Gasteiger partial charge in [-0.1, -0.05) is 0 Å². The zero-order valence-electron chi connectivity index (χ0n) is 9.33. The van der Waals surface area contributed by atoms with Gasteiger partial charge >= 0.3 is 5.97 Å². The third-order valence-corrected chi connectivity index (χ3v) is 2.49. The number of nitrogen functional groups attached to an aromatic ring is 1. The zero-order chi connectivity index (χ0) is 12.6. The van der Waals surface area contributed by atoms with Crippen molar-refractivity contribution in [2.75, 3.05) is 20.0 Å². The molecule has 0 bridgehead atoms. The Hall–Kier alpha value is -2.24. The van der Waals surface area contributed by atoms with Crippen molar-refractivity contribution in [3.05, 3.63) is 23.5 Å². The molecule has 5 nitrogen and oxygen atoms in total. The van der Waals surface area contributed by atoms with Crippen LogP contribution in [0, 0.1) is 5.82 Å². The molecule has 0 aliphatic carbocycles. The van der Waals surface area contributed by atoms with E-state index in [1.807, 2.05) is 0 Å². The van der Waals surface area contributed by atoms with E-state index in [1.54, 1.807) is 0 Å². The van der Waals surface area contributed by atoms with Crippen LogP contribution in [0.15, 0.2) is 12.1 Å². The molecule has 0 radical (unpaired) electrons. The Morgan fingerprint density at radius 1 is 1.41 bits per heavy atom. The quantitative estimate of drug-likeness (QED) is 0.780. The third kappa shape index (κ3) is 1.67. The van der Waals surface area contributed by atoms with Crippen molar-refractivity contribution in [2.45, 2.75) is 0 Å². The van der Waals surface area contributed by atoms with Gasteiger partial charge in [0.15, 0.2) is 11.6 Å². The molecule has 0 spiro atoms. The number of methoxy groups -OCH3 is 2. The molecule has 2 rings (SSSR count). The van der Waals surface area contributed by atoms with Crippen LogP contribution in [0.4, 0.5) is 10.2 Å². The van der Waals surface area contributed by atoms with Crippen molar-refractivity contribution in [3.8, 4) is 5.75 Å². The van der Waals surface area contributed by atoms with Crippen LogP contribution in [0.2, 0.25) is 0 Å². The SMILES string of the molecule is COC(=O)c1c(N)[nH]c2cc(F)c(OC)cc12. The number of anilines is 1. The van der Waals surface area contributed by atoms with E-state index in [4.69, 9.17) is 10.5 Å². The monoisotopic (exact) mass is 238 g/mol. The highest BCUT2D eigenvalue weighted by atomic mass is 19.1. The number of hydrogen-bond donors (Lipinski definition) is 2. The van der Waals surface area contributed by atoms with Crippen molar-refractivity contribution in [3.63, 3.8) is 0 Å². The molecule has 3 N–H and O–H groups in total. The molecule has 1 heterocycles. The van der Waals surface area contributed by atoms with Crippen molar-refractivity contribution < 1.29 is 18.7 Å². The van der Waals surface area contributed by atoms with Crippen molar-refractivity contribution in [1.82, 2.24) is 4.98 Å². The van der Waals surface area contributed by atoms with Crippen LogP contribution in [-0.4, -0.2) is 25.2 Å². The van der Waals surface area contributed by atoms with Gasteiger partial charge in [0.1, 0.15) is 11.4 Å². The minimum Gasteiger partial charge on any atom is -0.494 e. The van der Waals surface area contributed by atoms with Crippen LogP contribution in [-0.2, 0) is 4.74 Å². The fourth-order valence-electron chi connectivity index (χ4n) is 1.69. The topological polar surface area (TPSA) is 77.3 Å². The maximum absolute atomic E-state index is 13.4. The molecule has 0 unspecified atom stereocenters. The number of carbonyl (C=O) groups excluding carboxylic acids is 1. The van der Waals surface area contributed by atoms with Crippen molar-refractivity contribution in [2.24, 2.45) is 0 Å². The molecule has 0 saturated heterocycles. The fourth-order valence-corrected chi connectivity index (χ4v) is 1.69. The smallest absolute Gasteiger partial charge is 0.342 e. The first kappa shape index (κ1) is 11.3. The van der Waals surface area contributed by atoms with E-state index < -0.39 is 11.8 Å². The van der Waals surface area contributed by atoms with Gasteiger partial charge in [-0.15, -0.1) is 0 Å². The summed E-state index contributed by atoms with van der Waals surface area (Å²) >= 11 is 0. The van der Waals surface area contributed by atoms with Gasteiger partial charge in [-0.05, 0) is 6.07 Å². The van der Waals surface area contributed by atoms with Gasteiger partial charge < -0.3 is 20.2 Å². The molecular weight excluding hydrogens is 227 g/mol. The van der Waals surface area contributed by atoms with Gasteiger partial charge in [-0.25, -0.2) is 9.18 Å². The molecular formula is C11H11FN2O3. The number of aromatic nitrogens is 1. The van der Waals surface area contributed by atoms with Crippen LogP contribution >= 0.6 is 0 Å². The van der Waals surface area contributed by atoms with Crippen molar-refractivity contribution >= 4 is 22.7 Å². The summed E-state index contributed by atoms with van der Waals surface area (Å²) in [7, 11) is 2.60. The summed E-state index contributed by atoms with van der Waals surface area (Å²) in [4.78, 5) is 14.3. The number of nitrogens with two attached hydrogens (primary N) is 1. The maximum Gasteiger partial charge on any atom is 0.342 e. The number of ether oxygens (including phenoxy) is 2. The normalized spacial score (nSPS) is 10.5. The van der Waals surface area contributed by atoms with E-state index >= 15 is 0 Å². The summed E-state index contributed by atoms with van der Waals surface area (Å²) in [6, 6.07) is 2.63. The summed E-state index contributed by atoms with van der Waals surface area (Å²) in [6.07, 6.45) is 0. The lowest BCUT2D eigenvalue weighted by atomic mass is 10.1. The Labute approximate surface area is 96.3 Å². The first-order valence-electron chi connectivity index (χ1n) is 4.81. The lowest BCUT2D eigenvalue weighted by Gasteiger charge is -2.02. The first-order chi connectivity index (χ1) is 8.08. The number of fused-ring (bicyclic) bond motifs is 1. The third-order valence-electron chi connectivity index (χ3n) is 2.49. The summed E-state index contributed by atoms with van der Waals surface area (Å²) < 4.78 is 22.9. The predicted octanol–water partition coefficient (Wildman–Crippen LogP) is 1.68. The summed E-state index contributed by atoms with van der Waals surface area (Å²) in [6.45, 7) is 0. The fraction of sp³-hybridized carbons (Fsp3) is 0.182. The lowest BCUT2D eigenvalue weighted by molar-refractivity contribution is 0.0604. The minimum atomic E-state index is -0.581. The molecule has 6 heteroatoms. The number of halogens is 1. The van der Waals surface area contributed by atoms with E-state index in [0.29, 0.717) is 10.9 Å². The standard InChI is InChI=1S/C11H11FN2O3/c1-16-8-3-5-7(4-6(8)12)14-10(13)9(5)11(15)17-2/h3-4,14H,13H2,1-2H3. The lowest BCUT2D eigenvalue weighted by Crippen LogP contribution is -2.03. The van der Waals surface area contributed by atoms with Crippen LogP contribution in [0.25, 0.3) is 10.9 Å². The molecule has 0 saturated carbocycles. The van der Waals surface area contributed by atoms with Gasteiger partial charge in [0.05, 0.1) is 19.7 Å². The van der Waals surface area contributed by atoms with Crippen LogP contribution in [0.1, 0.15) is 10.4 Å². The molecule has 0 fully saturated rings.